The van der Waals surface area contributed by atoms with Crippen LogP contribution in [0.1, 0.15) is 51.9 Å². The van der Waals surface area contributed by atoms with Crippen LogP contribution in [0.15, 0.2) is 23.8 Å². The van der Waals surface area contributed by atoms with Gasteiger partial charge in [0.05, 0.1) is 5.25 Å². The van der Waals surface area contributed by atoms with Crippen LogP contribution in [0.4, 0.5) is 4.39 Å². The molecule has 0 aromatic heterocycles. The maximum atomic E-state index is 13.9. The summed E-state index contributed by atoms with van der Waals surface area (Å²) >= 11 is 0. The zero-order valence-electron chi connectivity index (χ0n) is 15.6. The molecule has 148 valence electrons. The molecule has 2 aliphatic carbocycles. The first-order chi connectivity index (χ1) is 12.4. The van der Waals surface area contributed by atoms with E-state index in [1.807, 2.05) is 18.2 Å². The molecule has 3 rings (SSSR count). The Labute approximate surface area is 156 Å². The van der Waals surface area contributed by atoms with E-state index < -0.39 is 16.2 Å². The van der Waals surface area contributed by atoms with Crippen LogP contribution < -0.4 is 10.5 Å². The number of likely N-dealkylation sites (tertiary alicyclic amines) is 1. The Morgan fingerprint density at radius 1 is 1.38 bits per heavy atom. The topological polar surface area (TPSA) is 75.4 Å². The molecule has 0 amide bonds. The predicted molar refractivity (Wildman–Crippen MR) is 103 cm³/mol. The standard InChI is InChI=1S/C19H32FN3O2S/c1-14(11-16(21)12-15-5-2-3-7-19(15)20)23-10-4-6-17(23)13-22-26(24,25)18-8-9-18/h2-3,5,14,16-19,22H,4,6-13,21H2,1H3/t14?,16-,17-,19?/m0/s1. The van der Waals surface area contributed by atoms with Crippen molar-refractivity contribution in [3.05, 3.63) is 23.8 Å². The van der Waals surface area contributed by atoms with Crippen molar-refractivity contribution < 1.29 is 12.8 Å². The molecule has 4 atom stereocenters. The molecule has 2 unspecified atom stereocenters. The Bertz CT molecular complexity index is 645. The van der Waals surface area contributed by atoms with E-state index in [1.165, 1.54) is 0 Å². The predicted octanol–water partition coefficient (Wildman–Crippen LogP) is 2.25. The van der Waals surface area contributed by atoms with Gasteiger partial charge in [0.25, 0.3) is 0 Å². The highest BCUT2D eigenvalue weighted by molar-refractivity contribution is 7.90. The van der Waals surface area contributed by atoms with E-state index in [0.717, 1.165) is 44.2 Å². The van der Waals surface area contributed by atoms with Gasteiger partial charge in [0.2, 0.25) is 10.0 Å². The lowest BCUT2D eigenvalue weighted by atomic mass is 9.93. The van der Waals surface area contributed by atoms with Crippen LogP contribution in [0, 0.1) is 0 Å². The number of hydrogen-bond donors (Lipinski definition) is 2. The van der Waals surface area contributed by atoms with Crippen molar-refractivity contribution in [1.82, 2.24) is 9.62 Å². The van der Waals surface area contributed by atoms with Crippen molar-refractivity contribution in [2.75, 3.05) is 13.1 Å². The van der Waals surface area contributed by atoms with Gasteiger partial charge in [-0.3, -0.25) is 4.90 Å². The van der Waals surface area contributed by atoms with E-state index in [0.29, 0.717) is 19.4 Å². The average Bonchev–Trinajstić information content (AvgIpc) is 3.34. The first kappa shape index (κ1) is 20.0. The number of allylic oxidation sites excluding steroid dienone is 3. The lowest BCUT2D eigenvalue weighted by Gasteiger charge is -2.32. The largest absolute Gasteiger partial charge is 0.327 e. The summed E-state index contributed by atoms with van der Waals surface area (Å²) in [7, 11) is -3.13. The minimum absolute atomic E-state index is 0.0783. The number of nitrogens with one attached hydrogen (secondary N) is 1. The van der Waals surface area contributed by atoms with Crippen LogP contribution in [-0.4, -0.2) is 56.0 Å². The molecule has 3 N–H and O–H groups in total. The van der Waals surface area contributed by atoms with Gasteiger partial charge in [-0.25, -0.2) is 17.5 Å². The summed E-state index contributed by atoms with van der Waals surface area (Å²) in [6, 6.07) is 0.419. The van der Waals surface area contributed by atoms with Crippen LogP contribution in [0.5, 0.6) is 0 Å². The summed E-state index contributed by atoms with van der Waals surface area (Å²) in [5.41, 5.74) is 7.10. The lowest BCUT2D eigenvalue weighted by molar-refractivity contribution is 0.176. The molecule has 1 saturated heterocycles. The molecule has 3 aliphatic rings. The average molecular weight is 386 g/mol. The number of hydrogen-bond acceptors (Lipinski definition) is 4. The van der Waals surface area contributed by atoms with Crippen LogP contribution >= 0.6 is 0 Å². The molecular weight excluding hydrogens is 353 g/mol. The third-order valence-electron chi connectivity index (χ3n) is 5.81. The van der Waals surface area contributed by atoms with E-state index in [9.17, 15) is 12.8 Å². The molecule has 5 nitrogen and oxygen atoms in total. The number of halogens is 1. The molecule has 0 aromatic rings. The second kappa shape index (κ2) is 8.50. The summed E-state index contributed by atoms with van der Waals surface area (Å²) in [5, 5.41) is -0.172. The van der Waals surface area contributed by atoms with E-state index in [4.69, 9.17) is 5.73 Å². The number of rotatable bonds is 9. The van der Waals surface area contributed by atoms with Crippen molar-refractivity contribution in [2.24, 2.45) is 5.73 Å². The summed E-state index contributed by atoms with van der Waals surface area (Å²) < 4.78 is 40.9. The monoisotopic (exact) mass is 385 g/mol. The van der Waals surface area contributed by atoms with Gasteiger partial charge in [-0.1, -0.05) is 18.2 Å². The van der Waals surface area contributed by atoms with Gasteiger partial charge in [-0.2, -0.15) is 0 Å². The Balaban J connectivity index is 1.48. The number of alkyl halides is 1. The summed E-state index contributed by atoms with van der Waals surface area (Å²) in [4.78, 5) is 2.37. The molecular formula is C19H32FN3O2S. The van der Waals surface area contributed by atoms with Crippen LogP contribution in [0.3, 0.4) is 0 Å². The van der Waals surface area contributed by atoms with Gasteiger partial charge in [-0.05, 0) is 57.6 Å². The minimum atomic E-state index is -3.13. The highest BCUT2D eigenvalue weighted by atomic mass is 32.2. The molecule has 0 spiro atoms. The molecule has 0 bridgehead atoms. The Morgan fingerprint density at radius 2 is 2.15 bits per heavy atom. The molecule has 26 heavy (non-hydrogen) atoms. The lowest BCUT2D eigenvalue weighted by Crippen LogP contribution is -2.46. The van der Waals surface area contributed by atoms with Gasteiger partial charge < -0.3 is 5.73 Å². The summed E-state index contributed by atoms with van der Waals surface area (Å²) in [6.07, 6.45) is 10.2. The molecule has 7 heteroatoms. The number of nitrogens with two attached hydrogens (primary N) is 1. The highest BCUT2D eigenvalue weighted by Gasteiger charge is 2.37. The zero-order chi connectivity index (χ0) is 18.7. The van der Waals surface area contributed by atoms with Gasteiger partial charge in [-0.15, -0.1) is 0 Å². The first-order valence-corrected chi connectivity index (χ1v) is 11.4. The summed E-state index contributed by atoms with van der Waals surface area (Å²) in [6.45, 7) is 3.61. The minimum Gasteiger partial charge on any atom is -0.327 e. The van der Waals surface area contributed by atoms with E-state index in [1.54, 1.807) is 0 Å². The fourth-order valence-corrected chi connectivity index (χ4v) is 5.58. The Kier molecular flexibility index (Phi) is 6.54. The Hall–Kier alpha value is -0.760. The fraction of sp³-hybridized carbons (Fsp3) is 0.789. The third-order valence-corrected chi connectivity index (χ3v) is 7.72. The van der Waals surface area contributed by atoms with Gasteiger partial charge in [0.15, 0.2) is 0 Å². The third kappa shape index (κ3) is 5.15. The quantitative estimate of drug-likeness (QED) is 0.638. The van der Waals surface area contributed by atoms with Crippen LogP contribution in [0.25, 0.3) is 0 Å². The second-order valence-electron chi connectivity index (χ2n) is 8.05. The number of sulfonamides is 1. The van der Waals surface area contributed by atoms with Crippen molar-refractivity contribution in [3.8, 4) is 0 Å². The maximum absolute atomic E-state index is 13.9. The van der Waals surface area contributed by atoms with E-state index >= 15 is 0 Å². The highest BCUT2D eigenvalue weighted by Crippen LogP contribution is 2.28. The second-order valence-corrected chi connectivity index (χ2v) is 10.1. The fourth-order valence-electron chi connectivity index (χ4n) is 4.17. The van der Waals surface area contributed by atoms with Gasteiger partial charge in [0, 0.05) is 31.1 Å². The molecule has 1 aliphatic heterocycles. The molecule has 0 radical (unpaired) electrons. The maximum Gasteiger partial charge on any atom is 0.214 e. The molecule has 0 aromatic carbocycles. The molecule has 1 saturated carbocycles. The zero-order valence-corrected chi connectivity index (χ0v) is 16.4. The van der Waals surface area contributed by atoms with E-state index in [2.05, 4.69) is 16.5 Å². The summed E-state index contributed by atoms with van der Waals surface area (Å²) in [5.74, 6) is 0. The van der Waals surface area contributed by atoms with Gasteiger partial charge in [0.1, 0.15) is 6.17 Å². The van der Waals surface area contributed by atoms with E-state index in [-0.39, 0.29) is 23.4 Å². The van der Waals surface area contributed by atoms with Crippen LogP contribution in [0.2, 0.25) is 0 Å². The van der Waals surface area contributed by atoms with Crippen molar-refractivity contribution in [2.45, 2.75) is 81.4 Å². The smallest absolute Gasteiger partial charge is 0.214 e. The van der Waals surface area contributed by atoms with Crippen molar-refractivity contribution in [3.63, 3.8) is 0 Å². The molecule has 1 heterocycles. The van der Waals surface area contributed by atoms with Crippen molar-refractivity contribution in [1.29, 1.82) is 0 Å². The Morgan fingerprint density at radius 3 is 2.85 bits per heavy atom. The van der Waals surface area contributed by atoms with Crippen molar-refractivity contribution >= 4 is 10.0 Å². The SMILES string of the molecule is CC(C[C@H](N)CC1=CC=CCC1F)N1CCC[C@H]1CNS(=O)(=O)C1CC1. The first-order valence-electron chi connectivity index (χ1n) is 9.86. The van der Waals surface area contributed by atoms with Gasteiger partial charge >= 0.3 is 0 Å². The normalized spacial score (nSPS) is 29.6. The number of nitrogens with zero attached hydrogens (tertiary/aromatic N) is 1. The van der Waals surface area contributed by atoms with Crippen LogP contribution in [-0.2, 0) is 10.0 Å². The molecule has 2 fully saturated rings.